The Bertz CT molecular complexity index is 586. The maximum atomic E-state index is 11.6. The molecule has 126 valence electrons. The summed E-state index contributed by atoms with van der Waals surface area (Å²) in [6.07, 6.45) is -0.265. The molecule has 0 spiro atoms. The SMILES string of the molecule is CC(C)Cc1noc(CN(CCO)C2CS(=O)(=O)CC2O)n1. The molecule has 1 aliphatic heterocycles. The van der Waals surface area contributed by atoms with Gasteiger partial charge in [0.05, 0.1) is 36.8 Å². The summed E-state index contributed by atoms with van der Waals surface area (Å²) in [5.74, 6) is 0.998. The zero-order valence-corrected chi connectivity index (χ0v) is 13.7. The van der Waals surface area contributed by atoms with E-state index < -0.39 is 22.0 Å². The van der Waals surface area contributed by atoms with Crippen LogP contribution in [0.15, 0.2) is 4.52 Å². The molecule has 2 heterocycles. The first-order chi connectivity index (χ1) is 10.3. The number of aromatic nitrogens is 2. The number of hydrogen-bond acceptors (Lipinski definition) is 8. The van der Waals surface area contributed by atoms with E-state index in [1.807, 2.05) is 13.8 Å². The molecule has 9 heteroatoms. The van der Waals surface area contributed by atoms with E-state index in [-0.39, 0.29) is 31.2 Å². The highest BCUT2D eigenvalue weighted by Gasteiger charge is 2.40. The lowest BCUT2D eigenvalue weighted by Gasteiger charge is -2.27. The monoisotopic (exact) mass is 333 g/mol. The van der Waals surface area contributed by atoms with Gasteiger partial charge < -0.3 is 14.7 Å². The van der Waals surface area contributed by atoms with Crippen molar-refractivity contribution in [3.05, 3.63) is 11.7 Å². The van der Waals surface area contributed by atoms with Crippen LogP contribution in [0, 0.1) is 5.92 Å². The molecule has 2 unspecified atom stereocenters. The lowest BCUT2D eigenvalue weighted by atomic mass is 10.1. The minimum atomic E-state index is -3.25. The first-order valence-electron chi connectivity index (χ1n) is 7.35. The molecule has 1 aliphatic rings. The molecule has 2 atom stereocenters. The molecule has 0 aliphatic carbocycles. The first kappa shape index (κ1) is 17.3. The average molecular weight is 333 g/mol. The third-order valence-electron chi connectivity index (χ3n) is 3.59. The van der Waals surface area contributed by atoms with Crippen molar-refractivity contribution in [1.82, 2.24) is 15.0 Å². The summed E-state index contributed by atoms with van der Waals surface area (Å²) in [4.78, 5) is 5.96. The van der Waals surface area contributed by atoms with Crippen molar-refractivity contribution in [2.75, 3.05) is 24.7 Å². The summed E-state index contributed by atoms with van der Waals surface area (Å²) in [5, 5.41) is 23.0. The van der Waals surface area contributed by atoms with Crippen LogP contribution in [0.3, 0.4) is 0 Å². The fraction of sp³-hybridized carbons (Fsp3) is 0.846. The number of nitrogens with zero attached hydrogens (tertiary/aromatic N) is 3. The van der Waals surface area contributed by atoms with E-state index >= 15 is 0 Å². The molecular weight excluding hydrogens is 310 g/mol. The lowest BCUT2D eigenvalue weighted by molar-refractivity contribution is 0.0588. The fourth-order valence-electron chi connectivity index (χ4n) is 2.63. The van der Waals surface area contributed by atoms with Gasteiger partial charge in [-0.15, -0.1) is 0 Å². The van der Waals surface area contributed by atoms with Crippen molar-refractivity contribution in [1.29, 1.82) is 0 Å². The maximum Gasteiger partial charge on any atom is 0.240 e. The highest BCUT2D eigenvalue weighted by Crippen LogP contribution is 2.20. The van der Waals surface area contributed by atoms with Crippen LogP contribution in [0.1, 0.15) is 25.6 Å². The van der Waals surface area contributed by atoms with Gasteiger partial charge in [-0.3, -0.25) is 4.90 Å². The molecule has 1 fully saturated rings. The largest absolute Gasteiger partial charge is 0.395 e. The smallest absolute Gasteiger partial charge is 0.240 e. The summed E-state index contributed by atoms with van der Waals surface area (Å²) in [7, 11) is -3.25. The van der Waals surface area contributed by atoms with Crippen LogP contribution in [0.2, 0.25) is 0 Å². The lowest BCUT2D eigenvalue weighted by Crippen LogP contribution is -2.44. The Kier molecular flexibility index (Phi) is 5.54. The molecule has 0 amide bonds. The van der Waals surface area contributed by atoms with E-state index in [1.165, 1.54) is 0 Å². The zero-order valence-electron chi connectivity index (χ0n) is 12.8. The number of aliphatic hydroxyl groups is 2. The van der Waals surface area contributed by atoms with Crippen molar-refractivity contribution >= 4 is 9.84 Å². The van der Waals surface area contributed by atoms with Gasteiger partial charge >= 0.3 is 0 Å². The van der Waals surface area contributed by atoms with Crippen LogP contribution in [0.4, 0.5) is 0 Å². The summed E-state index contributed by atoms with van der Waals surface area (Å²) >= 11 is 0. The molecule has 1 saturated heterocycles. The molecule has 1 aromatic rings. The molecule has 8 nitrogen and oxygen atoms in total. The van der Waals surface area contributed by atoms with E-state index in [4.69, 9.17) is 4.52 Å². The molecule has 1 aromatic heterocycles. The Morgan fingerprint density at radius 2 is 2.14 bits per heavy atom. The van der Waals surface area contributed by atoms with Crippen LogP contribution in [-0.4, -0.2) is 70.5 Å². The topological polar surface area (TPSA) is 117 Å². The first-order valence-corrected chi connectivity index (χ1v) is 9.17. The third kappa shape index (κ3) is 4.48. The minimum absolute atomic E-state index is 0.124. The van der Waals surface area contributed by atoms with Crippen LogP contribution < -0.4 is 0 Å². The maximum absolute atomic E-state index is 11.6. The van der Waals surface area contributed by atoms with E-state index in [0.717, 1.165) is 0 Å². The number of sulfone groups is 1. The Morgan fingerprint density at radius 3 is 2.68 bits per heavy atom. The molecule has 22 heavy (non-hydrogen) atoms. The highest BCUT2D eigenvalue weighted by molar-refractivity contribution is 7.91. The van der Waals surface area contributed by atoms with Crippen LogP contribution in [0.5, 0.6) is 0 Å². The Labute approximate surface area is 130 Å². The minimum Gasteiger partial charge on any atom is -0.395 e. The molecular formula is C13H23N3O5S. The predicted molar refractivity (Wildman–Crippen MR) is 78.8 cm³/mol. The van der Waals surface area contributed by atoms with E-state index in [1.54, 1.807) is 4.90 Å². The second-order valence-electron chi connectivity index (χ2n) is 6.11. The Morgan fingerprint density at radius 1 is 1.41 bits per heavy atom. The van der Waals surface area contributed by atoms with Gasteiger partial charge in [-0.2, -0.15) is 4.98 Å². The summed E-state index contributed by atoms with van der Waals surface area (Å²) < 4.78 is 28.4. The van der Waals surface area contributed by atoms with Crippen molar-refractivity contribution in [3.63, 3.8) is 0 Å². The molecule has 0 bridgehead atoms. The standard InChI is InChI=1S/C13H23N3O5S/c1-9(2)5-12-14-13(21-15-12)6-16(3-4-17)10-7-22(19,20)8-11(10)18/h9-11,17-18H,3-8H2,1-2H3. The van der Waals surface area contributed by atoms with Gasteiger partial charge in [0.1, 0.15) is 0 Å². The average Bonchev–Trinajstić information content (AvgIpc) is 2.92. The zero-order chi connectivity index (χ0) is 16.3. The molecule has 0 saturated carbocycles. The normalized spacial score (nSPS) is 24.5. The fourth-order valence-corrected chi connectivity index (χ4v) is 4.46. The molecule has 0 radical (unpaired) electrons. The number of aliphatic hydroxyl groups excluding tert-OH is 2. The molecule has 2 rings (SSSR count). The summed E-state index contributed by atoms with van der Waals surface area (Å²) in [6.45, 7) is 4.40. The second kappa shape index (κ2) is 7.03. The summed E-state index contributed by atoms with van der Waals surface area (Å²) in [5.41, 5.74) is 0. The summed E-state index contributed by atoms with van der Waals surface area (Å²) in [6, 6.07) is -0.558. The number of rotatable bonds is 7. The van der Waals surface area contributed by atoms with Crippen molar-refractivity contribution in [2.24, 2.45) is 5.92 Å². The molecule has 2 N–H and O–H groups in total. The van der Waals surface area contributed by atoms with Crippen LogP contribution >= 0.6 is 0 Å². The van der Waals surface area contributed by atoms with Gasteiger partial charge in [0.25, 0.3) is 0 Å². The van der Waals surface area contributed by atoms with Crippen molar-refractivity contribution in [3.8, 4) is 0 Å². The van der Waals surface area contributed by atoms with Crippen LogP contribution in [-0.2, 0) is 22.8 Å². The van der Waals surface area contributed by atoms with Gasteiger partial charge in [0, 0.05) is 13.0 Å². The Hall–Kier alpha value is -1.03. The van der Waals surface area contributed by atoms with Gasteiger partial charge in [-0.05, 0) is 5.92 Å². The highest BCUT2D eigenvalue weighted by atomic mass is 32.2. The van der Waals surface area contributed by atoms with Gasteiger partial charge in [0.2, 0.25) is 5.89 Å². The van der Waals surface area contributed by atoms with Gasteiger partial charge in [0.15, 0.2) is 15.7 Å². The quantitative estimate of drug-likeness (QED) is 0.667. The third-order valence-corrected chi connectivity index (χ3v) is 5.29. The van der Waals surface area contributed by atoms with E-state index in [0.29, 0.717) is 24.1 Å². The van der Waals surface area contributed by atoms with Gasteiger partial charge in [-0.25, -0.2) is 8.42 Å². The van der Waals surface area contributed by atoms with Crippen LogP contribution in [0.25, 0.3) is 0 Å². The van der Waals surface area contributed by atoms with Gasteiger partial charge in [-0.1, -0.05) is 19.0 Å². The van der Waals surface area contributed by atoms with Crippen molar-refractivity contribution < 1.29 is 23.2 Å². The van der Waals surface area contributed by atoms with E-state index in [2.05, 4.69) is 10.1 Å². The predicted octanol–water partition coefficient (Wildman–Crippen LogP) is -0.780. The van der Waals surface area contributed by atoms with E-state index in [9.17, 15) is 18.6 Å². The second-order valence-corrected chi connectivity index (χ2v) is 8.26. The van der Waals surface area contributed by atoms with Crippen molar-refractivity contribution in [2.45, 2.75) is 39.0 Å². The Balaban J connectivity index is 2.07. The molecule has 0 aromatic carbocycles. The number of hydrogen-bond donors (Lipinski definition) is 2.